The highest BCUT2D eigenvalue weighted by molar-refractivity contribution is 4.94. The predicted octanol–water partition coefficient (Wildman–Crippen LogP) is 0.820. The summed E-state index contributed by atoms with van der Waals surface area (Å²) in [6.45, 7) is 5.03. The van der Waals surface area contributed by atoms with Crippen molar-refractivity contribution in [2.24, 2.45) is 0 Å². The van der Waals surface area contributed by atoms with Crippen molar-refractivity contribution in [2.75, 3.05) is 7.11 Å². The third kappa shape index (κ3) is 2.64. The molecule has 1 aromatic rings. The Morgan fingerprint density at radius 1 is 1.60 bits per heavy atom. The molecule has 0 atom stereocenters. The first-order chi connectivity index (χ1) is 4.83. The minimum atomic E-state index is 0.966. The number of aryl methyl sites for hydroxylation is 2. The van der Waals surface area contributed by atoms with Crippen molar-refractivity contribution in [1.29, 1.82) is 0 Å². The molecule has 58 valence electrons. The van der Waals surface area contributed by atoms with E-state index in [9.17, 15) is 0 Å². The van der Waals surface area contributed by atoms with Crippen LogP contribution in [0.4, 0.5) is 0 Å². The van der Waals surface area contributed by atoms with Crippen LogP contribution in [0.3, 0.4) is 0 Å². The Morgan fingerprint density at radius 3 is 2.40 bits per heavy atom. The Morgan fingerprint density at radius 2 is 2.20 bits per heavy atom. The second kappa shape index (κ2) is 4.99. The lowest BCUT2D eigenvalue weighted by atomic mass is 10.5. The second-order valence-corrected chi connectivity index (χ2v) is 1.81. The van der Waals surface area contributed by atoms with E-state index in [1.807, 2.05) is 23.9 Å². The van der Waals surface area contributed by atoms with E-state index in [2.05, 4.69) is 12.0 Å². The molecule has 0 spiro atoms. The van der Waals surface area contributed by atoms with E-state index >= 15 is 0 Å². The van der Waals surface area contributed by atoms with Gasteiger partial charge in [0.1, 0.15) is 0 Å². The molecule has 0 aromatic carbocycles. The van der Waals surface area contributed by atoms with Gasteiger partial charge in [-0.05, 0) is 19.9 Å². The first kappa shape index (κ1) is 9.17. The minimum Gasteiger partial charge on any atom is -0.400 e. The number of aliphatic hydroxyl groups excluding tert-OH is 1. The van der Waals surface area contributed by atoms with Crippen molar-refractivity contribution in [3.63, 3.8) is 0 Å². The number of rotatable bonds is 1. The first-order valence-corrected chi connectivity index (χ1v) is 3.27. The van der Waals surface area contributed by atoms with Gasteiger partial charge in [-0.25, -0.2) is 0 Å². The van der Waals surface area contributed by atoms with Gasteiger partial charge in [-0.3, -0.25) is 4.68 Å². The molecule has 1 N–H and O–H groups in total. The lowest BCUT2D eigenvalue weighted by Crippen LogP contribution is -1.93. The smallest absolute Gasteiger partial charge is 0.0593 e. The topological polar surface area (TPSA) is 38.0 Å². The molecule has 0 amide bonds. The predicted molar refractivity (Wildman–Crippen MR) is 40.8 cm³/mol. The van der Waals surface area contributed by atoms with Crippen LogP contribution < -0.4 is 0 Å². The van der Waals surface area contributed by atoms with Crippen molar-refractivity contribution in [1.82, 2.24) is 9.78 Å². The van der Waals surface area contributed by atoms with Crippen molar-refractivity contribution in [3.05, 3.63) is 18.0 Å². The van der Waals surface area contributed by atoms with Crippen LogP contribution in [0, 0.1) is 6.92 Å². The van der Waals surface area contributed by atoms with Crippen molar-refractivity contribution >= 4 is 0 Å². The molecule has 0 saturated heterocycles. The molecule has 0 unspecified atom stereocenters. The summed E-state index contributed by atoms with van der Waals surface area (Å²) < 4.78 is 1.91. The summed E-state index contributed by atoms with van der Waals surface area (Å²) in [6, 6.07) is 2.00. The molecule has 0 bridgehead atoms. The maximum absolute atomic E-state index is 7.00. The van der Waals surface area contributed by atoms with Crippen LogP contribution in [0.15, 0.2) is 12.3 Å². The third-order valence-electron chi connectivity index (χ3n) is 1.10. The van der Waals surface area contributed by atoms with Gasteiger partial charge < -0.3 is 5.11 Å². The largest absolute Gasteiger partial charge is 0.400 e. The fraction of sp³-hybridized carbons (Fsp3) is 0.571. The summed E-state index contributed by atoms with van der Waals surface area (Å²) in [5, 5.41) is 11.1. The molecule has 0 aliphatic rings. The third-order valence-corrected chi connectivity index (χ3v) is 1.10. The van der Waals surface area contributed by atoms with Gasteiger partial charge in [0, 0.05) is 19.9 Å². The summed E-state index contributed by atoms with van der Waals surface area (Å²) in [5.41, 5.74) is 1.09. The summed E-state index contributed by atoms with van der Waals surface area (Å²) in [7, 11) is 1.00. The normalized spacial score (nSPS) is 8.40. The zero-order chi connectivity index (χ0) is 7.98. The van der Waals surface area contributed by atoms with Crippen molar-refractivity contribution in [3.8, 4) is 0 Å². The molecule has 10 heavy (non-hydrogen) atoms. The van der Waals surface area contributed by atoms with Gasteiger partial charge in [-0.15, -0.1) is 0 Å². The monoisotopic (exact) mass is 142 g/mol. The number of nitrogens with zero attached hydrogens (tertiary/aromatic N) is 2. The van der Waals surface area contributed by atoms with Crippen LogP contribution in [0.2, 0.25) is 0 Å². The molecule has 0 saturated carbocycles. The average Bonchev–Trinajstić information content (AvgIpc) is 2.40. The van der Waals surface area contributed by atoms with Crippen LogP contribution in [0.5, 0.6) is 0 Å². The number of aromatic nitrogens is 2. The quantitative estimate of drug-likeness (QED) is 0.630. The number of hydrogen-bond donors (Lipinski definition) is 1. The van der Waals surface area contributed by atoms with Crippen LogP contribution in [0.25, 0.3) is 0 Å². The SMILES string of the molecule is CCn1ccc(C)n1.CO. The molecule has 0 aliphatic carbocycles. The van der Waals surface area contributed by atoms with E-state index < -0.39 is 0 Å². The van der Waals surface area contributed by atoms with E-state index in [-0.39, 0.29) is 0 Å². The lowest BCUT2D eigenvalue weighted by molar-refractivity contribution is 0.399. The summed E-state index contributed by atoms with van der Waals surface area (Å²) in [4.78, 5) is 0. The Kier molecular flexibility index (Phi) is 4.58. The Labute approximate surface area is 61.3 Å². The van der Waals surface area contributed by atoms with E-state index in [0.29, 0.717) is 0 Å². The molecule has 1 aromatic heterocycles. The Balaban J connectivity index is 0.000000371. The van der Waals surface area contributed by atoms with E-state index in [1.165, 1.54) is 0 Å². The van der Waals surface area contributed by atoms with Gasteiger partial charge in [0.2, 0.25) is 0 Å². The Hall–Kier alpha value is -0.830. The maximum atomic E-state index is 7.00. The van der Waals surface area contributed by atoms with E-state index in [1.54, 1.807) is 0 Å². The Bertz CT molecular complexity index is 172. The van der Waals surface area contributed by atoms with Crippen LogP contribution in [-0.2, 0) is 6.54 Å². The minimum absolute atomic E-state index is 0.966. The average molecular weight is 142 g/mol. The number of aliphatic hydroxyl groups is 1. The molecule has 0 aliphatic heterocycles. The summed E-state index contributed by atoms with van der Waals surface area (Å²) in [6.07, 6.45) is 1.98. The highest BCUT2D eigenvalue weighted by Gasteiger charge is 1.86. The van der Waals surface area contributed by atoms with Crippen LogP contribution >= 0.6 is 0 Å². The highest BCUT2D eigenvalue weighted by Crippen LogP contribution is 1.90. The molecule has 3 heteroatoms. The fourth-order valence-corrected chi connectivity index (χ4v) is 0.639. The molecular formula is C7H14N2O. The fourth-order valence-electron chi connectivity index (χ4n) is 0.639. The standard InChI is InChI=1S/C6H10N2.CH4O/c1-3-8-5-4-6(2)7-8;1-2/h4-5H,3H2,1-2H3;2H,1H3. The molecule has 1 rings (SSSR count). The maximum Gasteiger partial charge on any atom is 0.0593 e. The van der Waals surface area contributed by atoms with Crippen LogP contribution in [0.1, 0.15) is 12.6 Å². The molecule has 0 radical (unpaired) electrons. The first-order valence-electron chi connectivity index (χ1n) is 3.27. The molecule has 3 nitrogen and oxygen atoms in total. The second-order valence-electron chi connectivity index (χ2n) is 1.81. The van der Waals surface area contributed by atoms with E-state index in [4.69, 9.17) is 5.11 Å². The molecular weight excluding hydrogens is 128 g/mol. The lowest BCUT2D eigenvalue weighted by Gasteiger charge is -1.89. The van der Waals surface area contributed by atoms with Gasteiger partial charge in [-0.2, -0.15) is 5.10 Å². The zero-order valence-corrected chi connectivity index (χ0v) is 6.70. The summed E-state index contributed by atoms with van der Waals surface area (Å²) >= 11 is 0. The van der Waals surface area contributed by atoms with Crippen molar-refractivity contribution < 1.29 is 5.11 Å². The zero-order valence-electron chi connectivity index (χ0n) is 6.70. The van der Waals surface area contributed by atoms with Gasteiger partial charge in [0.25, 0.3) is 0 Å². The highest BCUT2D eigenvalue weighted by atomic mass is 16.2. The van der Waals surface area contributed by atoms with Crippen molar-refractivity contribution in [2.45, 2.75) is 20.4 Å². The van der Waals surface area contributed by atoms with E-state index in [0.717, 1.165) is 19.3 Å². The van der Waals surface area contributed by atoms with Gasteiger partial charge in [0.05, 0.1) is 5.69 Å². The number of hydrogen-bond acceptors (Lipinski definition) is 2. The van der Waals surface area contributed by atoms with Gasteiger partial charge >= 0.3 is 0 Å². The molecule has 0 fully saturated rings. The summed E-state index contributed by atoms with van der Waals surface area (Å²) in [5.74, 6) is 0. The van der Waals surface area contributed by atoms with Gasteiger partial charge in [-0.1, -0.05) is 0 Å². The van der Waals surface area contributed by atoms with Crippen LogP contribution in [-0.4, -0.2) is 22.0 Å². The molecule has 1 heterocycles. The van der Waals surface area contributed by atoms with Gasteiger partial charge in [0.15, 0.2) is 0 Å².